The minimum atomic E-state index is -3.28. The van der Waals surface area contributed by atoms with Gasteiger partial charge in [-0.1, -0.05) is 6.07 Å². The van der Waals surface area contributed by atoms with Crippen molar-refractivity contribution in [2.45, 2.75) is 20.0 Å². The van der Waals surface area contributed by atoms with E-state index >= 15 is 0 Å². The fourth-order valence-corrected chi connectivity index (χ4v) is 2.68. The Bertz CT molecular complexity index is 607. The van der Waals surface area contributed by atoms with Crippen molar-refractivity contribution >= 4 is 21.8 Å². The van der Waals surface area contributed by atoms with Gasteiger partial charge in [-0.25, -0.2) is 17.9 Å². The number of anilines is 1. The number of hydrogen-bond donors (Lipinski definition) is 1. The lowest BCUT2D eigenvalue weighted by molar-refractivity contribution is 0.143. The number of cyclic esters (lactones) is 1. The van der Waals surface area contributed by atoms with Crippen LogP contribution in [0.4, 0.5) is 10.5 Å². The molecule has 6 nitrogen and oxygen atoms in total. The zero-order valence-corrected chi connectivity index (χ0v) is 12.5. The van der Waals surface area contributed by atoms with Crippen molar-refractivity contribution in [1.82, 2.24) is 4.72 Å². The van der Waals surface area contributed by atoms with Crippen LogP contribution in [-0.2, 0) is 14.8 Å². The average molecular weight is 298 g/mol. The quantitative estimate of drug-likeness (QED) is 0.905. The van der Waals surface area contributed by atoms with Crippen molar-refractivity contribution < 1.29 is 17.9 Å². The van der Waals surface area contributed by atoms with Crippen LogP contribution >= 0.6 is 0 Å². The van der Waals surface area contributed by atoms with Gasteiger partial charge in [0.1, 0.15) is 6.10 Å². The number of benzene rings is 1. The maximum absolute atomic E-state index is 11.9. The van der Waals surface area contributed by atoms with Crippen LogP contribution < -0.4 is 9.62 Å². The van der Waals surface area contributed by atoms with Crippen molar-refractivity contribution in [1.29, 1.82) is 0 Å². The molecule has 0 aromatic heterocycles. The van der Waals surface area contributed by atoms with Crippen LogP contribution in [0.3, 0.4) is 0 Å². The first kappa shape index (κ1) is 14.8. The summed E-state index contributed by atoms with van der Waals surface area (Å²) >= 11 is 0. The molecular formula is C13H18N2O4S. The van der Waals surface area contributed by atoms with E-state index in [1.807, 2.05) is 32.0 Å². The molecule has 1 atom stereocenters. The standard InChI is InChI=1S/C13H18N2O4S/c1-9-4-10(2)6-11(5-9)15-8-12(19-13(15)16)7-14-20(3,17)18/h4-6,12,14H,7-8H2,1-3H3. The first-order chi connectivity index (χ1) is 9.24. The summed E-state index contributed by atoms with van der Waals surface area (Å²) in [4.78, 5) is 13.4. The lowest BCUT2D eigenvalue weighted by atomic mass is 10.1. The monoisotopic (exact) mass is 298 g/mol. The summed E-state index contributed by atoms with van der Waals surface area (Å²) in [5.41, 5.74) is 2.89. The number of carbonyl (C=O) groups excluding carboxylic acids is 1. The van der Waals surface area contributed by atoms with E-state index in [1.165, 1.54) is 4.90 Å². The summed E-state index contributed by atoms with van der Waals surface area (Å²) in [6.07, 6.45) is 0.152. The fourth-order valence-electron chi connectivity index (χ4n) is 2.19. The number of nitrogens with one attached hydrogen (secondary N) is 1. The molecule has 0 bridgehead atoms. The molecule has 0 aliphatic carbocycles. The molecule has 0 radical (unpaired) electrons. The van der Waals surface area contributed by atoms with Gasteiger partial charge >= 0.3 is 6.09 Å². The van der Waals surface area contributed by atoms with Gasteiger partial charge in [-0.05, 0) is 37.1 Å². The van der Waals surface area contributed by atoms with Crippen molar-refractivity contribution in [3.8, 4) is 0 Å². The van der Waals surface area contributed by atoms with E-state index in [4.69, 9.17) is 4.74 Å². The predicted molar refractivity (Wildman–Crippen MR) is 76.4 cm³/mol. The summed E-state index contributed by atoms with van der Waals surface area (Å²) in [5.74, 6) is 0. The van der Waals surface area contributed by atoms with Gasteiger partial charge in [0.25, 0.3) is 0 Å². The molecule has 20 heavy (non-hydrogen) atoms. The number of aryl methyl sites for hydroxylation is 2. The van der Waals surface area contributed by atoms with Gasteiger partial charge in [0.15, 0.2) is 0 Å². The zero-order valence-electron chi connectivity index (χ0n) is 11.7. The Hall–Kier alpha value is -1.60. The largest absolute Gasteiger partial charge is 0.443 e. The third kappa shape index (κ3) is 3.71. The summed E-state index contributed by atoms with van der Waals surface area (Å²) in [7, 11) is -3.28. The van der Waals surface area contributed by atoms with Crippen molar-refractivity contribution in [3.05, 3.63) is 29.3 Å². The summed E-state index contributed by atoms with van der Waals surface area (Å²) in [6.45, 7) is 4.34. The Labute approximate surface area is 118 Å². The third-order valence-corrected chi connectivity index (χ3v) is 3.66. The molecule has 1 fully saturated rings. The molecule has 0 spiro atoms. The third-order valence-electron chi connectivity index (χ3n) is 2.97. The Morgan fingerprint density at radius 2 is 1.90 bits per heavy atom. The number of nitrogens with zero attached hydrogens (tertiary/aromatic N) is 1. The smallest absolute Gasteiger partial charge is 0.414 e. The van der Waals surface area contributed by atoms with Crippen LogP contribution in [0.25, 0.3) is 0 Å². The minimum absolute atomic E-state index is 0.0892. The van der Waals surface area contributed by atoms with Gasteiger partial charge < -0.3 is 4.74 Å². The highest BCUT2D eigenvalue weighted by atomic mass is 32.2. The number of rotatable bonds is 4. The van der Waals surface area contributed by atoms with Gasteiger partial charge in [-0.15, -0.1) is 0 Å². The number of ether oxygens (including phenoxy) is 1. The number of sulfonamides is 1. The van der Waals surface area contributed by atoms with Crippen LogP contribution in [0, 0.1) is 13.8 Å². The molecular weight excluding hydrogens is 280 g/mol. The molecule has 1 saturated heterocycles. The second kappa shape index (κ2) is 5.41. The molecule has 7 heteroatoms. The molecule has 2 rings (SSSR count). The summed E-state index contributed by atoms with van der Waals surface area (Å²) in [6, 6.07) is 5.83. The first-order valence-electron chi connectivity index (χ1n) is 6.26. The van der Waals surface area contributed by atoms with Gasteiger partial charge in [-0.3, -0.25) is 4.90 Å². The lowest BCUT2D eigenvalue weighted by Crippen LogP contribution is -2.34. The second-order valence-electron chi connectivity index (χ2n) is 5.08. The van der Waals surface area contributed by atoms with Crippen LogP contribution in [0.1, 0.15) is 11.1 Å². The van der Waals surface area contributed by atoms with E-state index in [9.17, 15) is 13.2 Å². The Kier molecular flexibility index (Phi) is 4.01. The highest BCUT2D eigenvalue weighted by Gasteiger charge is 2.32. The molecule has 0 saturated carbocycles. The summed E-state index contributed by atoms with van der Waals surface area (Å²) in [5, 5.41) is 0. The number of carbonyl (C=O) groups is 1. The molecule has 1 heterocycles. The molecule has 1 aliphatic heterocycles. The molecule has 1 amide bonds. The van der Waals surface area contributed by atoms with Gasteiger partial charge in [-0.2, -0.15) is 0 Å². The van der Waals surface area contributed by atoms with E-state index < -0.39 is 22.2 Å². The fraction of sp³-hybridized carbons (Fsp3) is 0.462. The predicted octanol–water partition coefficient (Wildman–Crippen LogP) is 1.18. The van der Waals surface area contributed by atoms with Gasteiger partial charge in [0.05, 0.1) is 12.8 Å². The first-order valence-corrected chi connectivity index (χ1v) is 8.15. The molecule has 1 unspecified atom stereocenters. The van der Waals surface area contributed by atoms with E-state index in [0.29, 0.717) is 6.54 Å². The molecule has 1 aliphatic rings. The SMILES string of the molecule is Cc1cc(C)cc(N2CC(CNS(C)(=O)=O)OC2=O)c1. The highest BCUT2D eigenvalue weighted by molar-refractivity contribution is 7.88. The van der Waals surface area contributed by atoms with Gasteiger partial charge in [0.2, 0.25) is 10.0 Å². The van der Waals surface area contributed by atoms with Crippen LogP contribution in [0.2, 0.25) is 0 Å². The number of amides is 1. The normalized spacial score (nSPS) is 19.2. The lowest BCUT2D eigenvalue weighted by Gasteiger charge is -2.14. The Balaban J connectivity index is 2.09. The maximum Gasteiger partial charge on any atom is 0.414 e. The molecule has 1 aromatic rings. The van der Waals surface area contributed by atoms with E-state index in [0.717, 1.165) is 23.1 Å². The Morgan fingerprint density at radius 1 is 1.30 bits per heavy atom. The highest BCUT2D eigenvalue weighted by Crippen LogP contribution is 2.24. The van der Waals surface area contributed by atoms with Crippen molar-refractivity contribution in [3.63, 3.8) is 0 Å². The van der Waals surface area contributed by atoms with E-state index in [2.05, 4.69) is 4.72 Å². The van der Waals surface area contributed by atoms with Crippen LogP contribution in [0.5, 0.6) is 0 Å². The second-order valence-corrected chi connectivity index (χ2v) is 6.92. The molecule has 1 aromatic carbocycles. The van der Waals surface area contributed by atoms with E-state index in [1.54, 1.807) is 0 Å². The zero-order chi connectivity index (χ0) is 14.9. The Morgan fingerprint density at radius 3 is 2.45 bits per heavy atom. The van der Waals surface area contributed by atoms with Gasteiger partial charge in [0, 0.05) is 12.2 Å². The van der Waals surface area contributed by atoms with Crippen molar-refractivity contribution in [2.75, 3.05) is 24.2 Å². The van der Waals surface area contributed by atoms with Crippen molar-refractivity contribution in [2.24, 2.45) is 0 Å². The number of hydrogen-bond acceptors (Lipinski definition) is 4. The average Bonchev–Trinajstić information content (AvgIpc) is 2.66. The van der Waals surface area contributed by atoms with Crippen LogP contribution in [-0.4, -0.2) is 40.0 Å². The maximum atomic E-state index is 11.9. The van der Waals surface area contributed by atoms with Crippen LogP contribution in [0.15, 0.2) is 18.2 Å². The molecule has 110 valence electrons. The summed E-state index contributed by atoms with van der Waals surface area (Å²) < 4.78 is 29.6. The van der Waals surface area contributed by atoms with E-state index in [-0.39, 0.29) is 6.54 Å². The molecule has 1 N–H and O–H groups in total. The topological polar surface area (TPSA) is 75.7 Å². The minimum Gasteiger partial charge on any atom is -0.443 e.